The molecule has 134 valence electrons. The Morgan fingerprint density at radius 2 is 1.96 bits per heavy atom. The van der Waals surface area contributed by atoms with Gasteiger partial charge in [0, 0.05) is 31.6 Å². The van der Waals surface area contributed by atoms with Gasteiger partial charge >= 0.3 is 0 Å². The van der Waals surface area contributed by atoms with E-state index < -0.39 is 0 Å². The summed E-state index contributed by atoms with van der Waals surface area (Å²) in [6.07, 6.45) is 4.33. The van der Waals surface area contributed by atoms with Crippen LogP contribution < -0.4 is 5.32 Å². The molecule has 6 nitrogen and oxygen atoms in total. The molecule has 0 atom stereocenters. The number of thiazole rings is 1. The van der Waals surface area contributed by atoms with E-state index >= 15 is 0 Å². The fourth-order valence-electron chi connectivity index (χ4n) is 3.22. The molecule has 1 amide bonds. The van der Waals surface area contributed by atoms with Gasteiger partial charge < -0.3 is 10.1 Å². The third kappa shape index (κ3) is 5.81. The molecule has 3 heterocycles. The van der Waals surface area contributed by atoms with E-state index in [0.29, 0.717) is 13.0 Å². The zero-order chi connectivity index (χ0) is 16.6. The Balaban J connectivity index is 1.35. The minimum Gasteiger partial charge on any atom is -0.379 e. The van der Waals surface area contributed by atoms with Crippen molar-refractivity contribution in [2.24, 2.45) is 0 Å². The molecule has 0 spiro atoms. The van der Waals surface area contributed by atoms with Gasteiger partial charge in [0.25, 0.3) is 0 Å². The van der Waals surface area contributed by atoms with Crippen molar-refractivity contribution >= 4 is 17.2 Å². The molecule has 2 aliphatic rings. The second-order valence-corrected chi connectivity index (χ2v) is 7.49. The molecule has 0 aliphatic carbocycles. The van der Waals surface area contributed by atoms with Crippen molar-refractivity contribution in [1.29, 1.82) is 0 Å². The van der Waals surface area contributed by atoms with Crippen LogP contribution in [0.2, 0.25) is 0 Å². The van der Waals surface area contributed by atoms with Gasteiger partial charge in [-0.3, -0.25) is 14.6 Å². The van der Waals surface area contributed by atoms with Crippen LogP contribution in [-0.2, 0) is 22.5 Å². The summed E-state index contributed by atoms with van der Waals surface area (Å²) in [5.74, 6) is 0.0677. The zero-order valence-corrected chi connectivity index (χ0v) is 15.2. The summed E-state index contributed by atoms with van der Waals surface area (Å²) in [7, 11) is 0. The topological polar surface area (TPSA) is 57.7 Å². The van der Waals surface area contributed by atoms with Gasteiger partial charge in [0.1, 0.15) is 5.01 Å². The average Bonchev–Trinajstić information content (AvgIpc) is 3.03. The van der Waals surface area contributed by atoms with Crippen molar-refractivity contribution < 1.29 is 9.53 Å². The number of piperidine rings is 1. The lowest BCUT2D eigenvalue weighted by molar-refractivity contribution is -0.120. The lowest BCUT2D eigenvalue weighted by atomic mass is 10.1. The maximum atomic E-state index is 12.1. The molecule has 2 saturated heterocycles. The van der Waals surface area contributed by atoms with Gasteiger partial charge in [-0.15, -0.1) is 11.3 Å². The molecule has 0 radical (unpaired) electrons. The van der Waals surface area contributed by atoms with E-state index in [9.17, 15) is 4.79 Å². The molecule has 2 fully saturated rings. The molecule has 2 aliphatic heterocycles. The van der Waals surface area contributed by atoms with E-state index in [2.05, 4.69) is 20.1 Å². The normalized spacial score (nSPS) is 20.2. The highest BCUT2D eigenvalue weighted by atomic mass is 32.1. The number of carbonyl (C=O) groups is 1. The third-order valence-electron chi connectivity index (χ3n) is 4.60. The van der Waals surface area contributed by atoms with E-state index in [0.717, 1.165) is 50.1 Å². The summed E-state index contributed by atoms with van der Waals surface area (Å²) in [5.41, 5.74) is 0.899. The van der Waals surface area contributed by atoms with Gasteiger partial charge in [0.15, 0.2) is 0 Å². The summed E-state index contributed by atoms with van der Waals surface area (Å²) in [6, 6.07) is 0. The SMILES string of the molecule is O=C(Cc1csc(CN2CCCCC2)n1)NCCN1CCOCC1. The number of aromatic nitrogens is 1. The van der Waals surface area contributed by atoms with Crippen molar-refractivity contribution in [2.75, 3.05) is 52.5 Å². The number of hydrogen-bond acceptors (Lipinski definition) is 6. The van der Waals surface area contributed by atoms with Crippen molar-refractivity contribution in [3.05, 3.63) is 16.1 Å². The molecular weight excluding hydrogens is 324 g/mol. The van der Waals surface area contributed by atoms with Crippen LogP contribution >= 0.6 is 11.3 Å². The first-order valence-corrected chi connectivity index (χ1v) is 9.90. The van der Waals surface area contributed by atoms with E-state index in [1.165, 1.54) is 32.4 Å². The van der Waals surface area contributed by atoms with Crippen LogP contribution in [-0.4, -0.2) is 73.2 Å². The fraction of sp³-hybridized carbons (Fsp3) is 0.765. The number of hydrogen-bond donors (Lipinski definition) is 1. The predicted molar refractivity (Wildman–Crippen MR) is 95.2 cm³/mol. The molecule has 1 aromatic heterocycles. The molecule has 0 bridgehead atoms. The van der Waals surface area contributed by atoms with Crippen molar-refractivity contribution in [2.45, 2.75) is 32.2 Å². The number of rotatable bonds is 7. The molecule has 0 unspecified atom stereocenters. The van der Waals surface area contributed by atoms with E-state index in [1.807, 2.05) is 5.38 Å². The number of nitrogens with zero attached hydrogens (tertiary/aromatic N) is 3. The molecule has 0 aromatic carbocycles. The molecule has 7 heteroatoms. The van der Waals surface area contributed by atoms with Crippen molar-refractivity contribution in [3.8, 4) is 0 Å². The van der Waals surface area contributed by atoms with Gasteiger partial charge in [-0.2, -0.15) is 0 Å². The molecule has 0 saturated carbocycles. The highest BCUT2D eigenvalue weighted by Gasteiger charge is 2.14. The van der Waals surface area contributed by atoms with Gasteiger partial charge in [0.2, 0.25) is 5.91 Å². The third-order valence-corrected chi connectivity index (χ3v) is 5.48. The van der Waals surface area contributed by atoms with Crippen molar-refractivity contribution in [1.82, 2.24) is 20.1 Å². The average molecular weight is 353 g/mol. The first-order chi connectivity index (χ1) is 11.8. The maximum Gasteiger partial charge on any atom is 0.226 e. The first kappa shape index (κ1) is 17.8. The Hall–Kier alpha value is -1.02. The zero-order valence-electron chi connectivity index (χ0n) is 14.3. The van der Waals surface area contributed by atoms with Crippen molar-refractivity contribution in [3.63, 3.8) is 0 Å². The summed E-state index contributed by atoms with van der Waals surface area (Å²) in [4.78, 5) is 21.5. The number of carbonyl (C=O) groups excluding carboxylic acids is 1. The number of morpholine rings is 1. The molecule has 1 N–H and O–H groups in total. The Bertz CT molecular complexity index is 510. The Morgan fingerprint density at radius 1 is 1.17 bits per heavy atom. The van der Waals surface area contributed by atoms with Gasteiger partial charge in [0.05, 0.1) is 31.9 Å². The summed E-state index contributed by atoms with van der Waals surface area (Å²) in [6.45, 7) is 8.40. The van der Waals surface area contributed by atoms with E-state index in [4.69, 9.17) is 4.74 Å². The smallest absolute Gasteiger partial charge is 0.226 e. The molecule has 24 heavy (non-hydrogen) atoms. The number of ether oxygens (including phenoxy) is 1. The van der Waals surface area contributed by atoms with Crippen LogP contribution in [0.5, 0.6) is 0 Å². The van der Waals surface area contributed by atoms with Crippen LogP contribution in [0.15, 0.2) is 5.38 Å². The largest absolute Gasteiger partial charge is 0.379 e. The highest BCUT2D eigenvalue weighted by molar-refractivity contribution is 7.09. The summed E-state index contributed by atoms with van der Waals surface area (Å²) in [5, 5.41) is 6.16. The lowest BCUT2D eigenvalue weighted by Gasteiger charge is -2.26. The van der Waals surface area contributed by atoms with Gasteiger partial charge in [-0.1, -0.05) is 6.42 Å². The second kappa shape index (κ2) is 9.46. The molecular formula is C17H28N4O2S. The first-order valence-electron chi connectivity index (χ1n) is 9.02. The number of amides is 1. The Kier molecular flexibility index (Phi) is 7.01. The fourth-order valence-corrected chi connectivity index (χ4v) is 4.05. The minimum atomic E-state index is 0.0677. The predicted octanol–water partition coefficient (Wildman–Crippen LogP) is 1.12. The van der Waals surface area contributed by atoms with Crippen LogP contribution in [0, 0.1) is 0 Å². The minimum absolute atomic E-state index is 0.0677. The standard InChI is InChI=1S/C17H28N4O2S/c22-16(18-4-7-20-8-10-23-11-9-20)12-15-14-24-17(19-15)13-21-5-2-1-3-6-21/h14H,1-13H2,(H,18,22). The van der Waals surface area contributed by atoms with Crippen LogP contribution in [0.3, 0.4) is 0 Å². The number of likely N-dealkylation sites (tertiary alicyclic amines) is 1. The maximum absolute atomic E-state index is 12.1. The van der Waals surface area contributed by atoms with E-state index in [1.54, 1.807) is 11.3 Å². The second-order valence-electron chi connectivity index (χ2n) is 6.55. The number of nitrogens with one attached hydrogen (secondary N) is 1. The Morgan fingerprint density at radius 3 is 2.75 bits per heavy atom. The highest BCUT2D eigenvalue weighted by Crippen LogP contribution is 2.16. The Labute approximate surface area is 148 Å². The van der Waals surface area contributed by atoms with Crippen LogP contribution in [0.25, 0.3) is 0 Å². The monoisotopic (exact) mass is 352 g/mol. The quantitative estimate of drug-likeness (QED) is 0.797. The summed E-state index contributed by atoms with van der Waals surface area (Å²) < 4.78 is 5.32. The van der Waals surface area contributed by atoms with Gasteiger partial charge in [-0.25, -0.2) is 4.98 Å². The van der Waals surface area contributed by atoms with Crippen LogP contribution in [0.4, 0.5) is 0 Å². The molecule has 1 aromatic rings. The van der Waals surface area contributed by atoms with E-state index in [-0.39, 0.29) is 5.91 Å². The van der Waals surface area contributed by atoms with Crippen LogP contribution in [0.1, 0.15) is 30.0 Å². The lowest BCUT2D eigenvalue weighted by Crippen LogP contribution is -2.41. The molecule has 3 rings (SSSR count). The van der Waals surface area contributed by atoms with Gasteiger partial charge in [-0.05, 0) is 25.9 Å². The summed E-state index contributed by atoms with van der Waals surface area (Å²) >= 11 is 1.68.